The van der Waals surface area contributed by atoms with Crippen LogP contribution in [0, 0.1) is 0 Å². The molecule has 1 saturated carbocycles. The monoisotopic (exact) mass is 279 g/mol. The quantitative estimate of drug-likeness (QED) is 0.652. The molecule has 110 valence electrons. The molecule has 1 aromatic rings. The highest BCUT2D eigenvalue weighted by molar-refractivity contribution is 5.74. The molecule has 0 amide bonds. The third-order valence-corrected chi connectivity index (χ3v) is 3.82. The van der Waals surface area contributed by atoms with Gasteiger partial charge in [0.25, 0.3) is 0 Å². The van der Waals surface area contributed by atoms with Crippen molar-refractivity contribution in [1.29, 1.82) is 0 Å². The van der Waals surface area contributed by atoms with Crippen molar-refractivity contribution in [2.75, 3.05) is 0 Å². The van der Waals surface area contributed by atoms with E-state index in [1.54, 1.807) is 24.3 Å². The van der Waals surface area contributed by atoms with E-state index in [1.807, 2.05) is 0 Å². The number of nitrogens with one attached hydrogen (secondary N) is 1. The van der Waals surface area contributed by atoms with Crippen molar-refractivity contribution in [3.63, 3.8) is 0 Å². The molecule has 0 heterocycles. The minimum absolute atomic E-state index is 0.151. The van der Waals surface area contributed by atoms with Crippen molar-refractivity contribution in [1.82, 2.24) is 5.32 Å². The second-order valence-electron chi connectivity index (χ2n) is 5.39. The number of aliphatic hydroxyl groups is 1. The van der Waals surface area contributed by atoms with Crippen LogP contribution in [-0.2, 0) is 11.2 Å². The number of aliphatic hydroxyl groups excluding tert-OH is 1. The number of carboxylic acids is 1. The highest BCUT2D eigenvalue weighted by atomic mass is 16.4. The summed E-state index contributed by atoms with van der Waals surface area (Å²) >= 11 is 0. The molecule has 1 aromatic carbocycles. The van der Waals surface area contributed by atoms with E-state index in [0.717, 1.165) is 31.2 Å². The summed E-state index contributed by atoms with van der Waals surface area (Å²) in [5.74, 6) is -0.757. The predicted molar refractivity (Wildman–Crippen MR) is 74.6 cm³/mol. The van der Waals surface area contributed by atoms with Gasteiger partial charge in [0.15, 0.2) is 0 Å². The number of phenolic OH excluding ortho intramolecular Hbond substituents is 1. The highest BCUT2D eigenvalue weighted by Gasteiger charge is 2.28. The first kappa shape index (κ1) is 14.8. The molecule has 0 unspecified atom stereocenters. The summed E-state index contributed by atoms with van der Waals surface area (Å²) in [6.07, 6.45) is 3.41. The first-order chi connectivity index (χ1) is 9.56. The van der Waals surface area contributed by atoms with Crippen molar-refractivity contribution in [2.45, 2.75) is 50.3 Å². The molecule has 4 N–H and O–H groups in total. The minimum Gasteiger partial charge on any atom is -0.508 e. The Morgan fingerprint density at radius 1 is 1.25 bits per heavy atom. The average molecular weight is 279 g/mol. The third-order valence-electron chi connectivity index (χ3n) is 3.82. The highest BCUT2D eigenvalue weighted by Crippen LogP contribution is 2.19. The zero-order valence-corrected chi connectivity index (χ0v) is 11.3. The van der Waals surface area contributed by atoms with Crippen LogP contribution in [0.1, 0.15) is 31.2 Å². The first-order valence-electron chi connectivity index (χ1n) is 7.01. The van der Waals surface area contributed by atoms with Gasteiger partial charge in [-0.25, -0.2) is 0 Å². The van der Waals surface area contributed by atoms with Crippen molar-refractivity contribution in [3.05, 3.63) is 29.8 Å². The van der Waals surface area contributed by atoms with Crippen molar-refractivity contribution in [3.8, 4) is 5.75 Å². The number of hydrogen-bond acceptors (Lipinski definition) is 4. The Balaban J connectivity index is 1.99. The van der Waals surface area contributed by atoms with Crippen LogP contribution in [0.2, 0.25) is 0 Å². The molecular weight excluding hydrogens is 258 g/mol. The summed E-state index contributed by atoms with van der Waals surface area (Å²) < 4.78 is 0. The van der Waals surface area contributed by atoms with E-state index in [4.69, 9.17) is 0 Å². The molecular formula is C15H21NO4. The maximum atomic E-state index is 11.4. The van der Waals surface area contributed by atoms with Crippen LogP contribution < -0.4 is 5.32 Å². The van der Waals surface area contributed by atoms with Crippen LogP contribution in [0.25, 0.3) is 0 Å². The normalized spacial score (nSPS) is 24.2. The molecule has 0 spiro atoms. The number of rotatable bonds is 5. The van der Waals surface area contributed by atoms with Gasteiger partial charge in [-0.05, 0) is 37.0 Å². The van der Waals surface area contributed by atoms with Gasteiger partial charge in [-0.3, -0.25) is 10.1 Å². The van der Waals surface area contributed by atoms with Gasteiger partial charge >= 0.3 is 5.97 Å². The van der Waals surface area contributed by atoms with E-state index in [2.05, 4.69) is 5.32 Å². The fraction of sp³-hybridized carbons (Fsp3) is 0.533. The number of phenols is 1. The molecule has 1 aliphatic carbocycles. The van der Waals surface area contributed by atoms with Crippen LogP contribution in [0.3, 0.4) is 0 Å². The summed E-state index contributed by atoms with van der Waals surface area (Å²) in [6, 6.07) is 5.64. The molecule has 1 aliphatic rings. The summed E-state index contributed by atoms with van der Waals surface area (Å²) in [5, 5.41) is 31.5. The number of aromatic hydroxyl groups is 1. The maximum Gasteiger partial charge on any atom is 0.321 e. The molecule has 3 atom stereocenters. The SMILES string of the molecule is O=C(O)[C@@H](Cc1ccc(O)cc1)N[C@@H]1CCCC[C@@H]1O. The van der Waals surface area contributed by atoms with Crippen molar-refractivity contribution >= 4 is 5.97 Å². The Labute approximate surface area is 118 Å². The number of carboxylic acid groups (broad SMARTS) is 1. The van der Waals surface area contributed by atoms with Crippen LogP contribution in [0.15, 0.2) is 24.3 Å². The third kappa shape index (κ3) is 3.95. The van der Waals surface area contributed by atoms with E-state index < -0.39 is 18.1 Å². The second kappa shape index (κ2) is 6.72. The lowest BCUT2D eigenvalue weighted by molar-refractivity contribution is -0.140. The zero-order valence-electron chi connectivity index (χ0n) is 11.3. The largest absolute Gasteiger partial charge is 0.508 e. The molecule has 0 aromatic heterocycles. The lowest BCUT2D eigenvalue weighted by Crippen LogP contribution is -2.50. The van der Waals surface area contributed by atoms with Gasteiger partial charge in [0, 0.05) is 6.04 Å². The molecule has 0 radical (unpaired) electrons. The molecule has 0 bridgehead atoms. The van der Waals surface area contributed by atoms with Gasteiger partial charge < -0.3 is 15.3 Å². The predicted octanol–water partition coefficient (Wildman–Crippen LogP) is 1.28. The molecule has 20 heavy (non-hydrogen) atoms. The van der Waals surface area contributed by atoms with E-state index >= 15 is 0 Å². The summed E-state index contributed by atoms with van der Waals surface area (Å²) in [7, 11) is 0. The Bertz CT molecular complexity index is 446. The molecule has 0 saturated heterocycles. The Kier molecular flexibility index (Phi) is 4.98. The van der Waals surface area contributed by atoms with Crippen LogP contribution >= 0.6 is 0 Å². The molecule has 5 heteroatoms. The van der Waals surface area contributed by atoms with E-state index in [-0.39, 0.29) is 11.8 Å². The van der Waals surface area contributed by atoms with Crippen LogP contribution in [-0.4, -0.2) is 39.5 Å². The zero-order chi connectivity index (χ0) is 14.5. The number of carbonyl (C=O) groups is 1. The first-order valence-corrected chi connectivity index (χ1v) is 7.01. The summed E-state index contributed by atoms with van der Waals surface area (Å²) in [6.45, 7) is 0. The van der Waals surface area contributed by atoms with E-state index in [9.17, 15) is 20.1 Å². The molecule has 5 nitrogen and oxygen atoms in total. The lowest BCUT2D eigenvalue weighted by Gasteiger charge is -2.31. The van der Waals surface area contributed by atoms with Crippen molar-refractivity contribution < 1.29 is 20.1 Å². The van der Waals surface area contributed by atoms with Gasteiger partial charge in [0.1, 0.15) is 11.8 Å². The van der Waals surface area contributed by atoms with Gasteiger partial charge in [0.2, 0.25) is 0 Å². The fourth-order valence-corrected chi connectivity index (χ4v) is 2.65. The van der Waals surface area contributed by atoms with Crippen LogP contribution in [0.4, 0.5) is 0 Å². The topological polar surface area (TPSA) is 89.8 Å². The Hall–Kier alpha value is -1.59. The van der Waals surface area contributed by atoms with Crippen molar-refractivity contribution in [2.24, 2.45) is 0 Å². The van der Waals surface area contributed by atoms with Gasteiger partial charge in [-0.2, -0.15) is 0 Å². The lowest BCUT2D eigenvalue weighted by atomic mass is 9.91. The molecule has 1 fully saturated rings. The maximum absolute atomic E-state index is 11.4. The number of aliphatic carboxylic acids is 1. The Morgan fingerprint density at radius 3 is 2.50 bits per heavy atom. The minimum atomic E-state index is -0.921. The van der Waals surface area contributed by atoms with Gasteiger partial charge in [-0.15, -0.1) is 0 Å². The summed E-state index contributed by atoms with van der Waals surface area (Å²) in [4.78, 5) is 11.4. The number of hydrogen-bond donors (Lipinski definition) is 4. The fourth-order valence-electron chi connectivity index (χ4n) is 2.65. The molecule has 2 rings (SSSR count). The van der Waals surface area contributed by atoms with Gasteiger partial charge in [0.05, 0.1) is 6.10 Å². The van der Waals surface area contributed by atoms with Crippen LogP contribution in [0.5, 0.6) is 5.75 Å². The summed E-state index contributed by atoms with van der Waals surface area (Å²) in [5.41, 5.74) is 0.841. The smallest absolute Gasteiger partial charge is 0.321 e. The number of benzene rings is 1. The van der Waals surface area contributed by atoms with E-state index in [1.165, 1.54) is 0 Å². The second-order valence-corrected chi connectivity index (χ2v) is 5.39. The van der Waals surface area contributed by atoms with E-state index in [0.29, 0.717) is 6.42 Å². The van der Waals surface area contributed by atoms with Gasteiger partial charge in [-0.1, -0.05) is 25.0 Å². The molecule has 0 aliphatic heterocycles. The Morgan fingerprint density at radius 2 is 1.90 bits per heavy atom. The average Bonchev–Trinajstić information content (AvgIpc) is 2.42. The standard InChI is InChI=1S/C15H21NO4/c17-11-7-5-10(6-8-11)9-13(15(19)20)16-12-3-1-2-4-14(12)18/h5-8,12-14,16-18H,1-4,9H2,(H,19,20)/t12-,13-,14+/m1/s1.